The molecule has 1 aromatic rings. The van der Waals surface area contributed by atoms with Crippen LogP contribution in [0.15, 0.2) is 29.2 Å². The van der Waals surface area contributed by atoms with E-state index < -0.39 is 0 Å². The normalized spacial score (nSPS) is 18.2. The van der Waals surface area contributed by atoms with E-state index in [1.165, 1.54) is 11.8 Å². The Kier molecular flexibility index (Phi) is 6.48. The van der Waals surface area contributed by atoms with E-state index in [1.807, 2.05) is 17.0 Å². The van der Waals surface area contributed by atoms with Crippen molar-refractivity contribution in [2.24, 2.45) is 11.7 Å². The standard InChI is InChI=1S/C13H18N2O2S.ClH/c14-7-10-5-6-15(8-10)13(17)9-18-12-3-1-11(16)2-4-12;/h1-4,10,16H,5-9,14H2;1H. The summed E-state index contributed by atoms with van der Waals surface area (Å²) in [5.74, 6) is 1.33. The Bertz CT molecular complexity index is 414. The number of hydrogen-bond acceptors (Lipinski definition) is 4. The van der Waals surface area contributed by atoms with Gasteiger partial charge < -0.3 is 15.7 Å². The number of hydrogen-bond donors (Lipinski definition) is 2. The second-order valence-corrected chi connectivity index (χ2v) is 5.56. The number of nitrogens with zero attached hydrogens (tertiary/aromatic N) is 1. The minimum absolute atomic E-state index is 0. The lowest BCUT2D eigenvalue weighted by Crippen LogP contribution is -2.31. The molecule has 1 aromatic carbocycles. The summed E-state index contributed by atoms with van der Waals surface area (Å²) >= 11 is 1.50. The molecule has 1 amide bonds. The van der Waals surface area contributed by atoms with Crippen LogP contribution in [0.1, 0.15) is 6.42 Å². The van der Waals surface area contributed by atoms with Crippen LogP contribution in [-0.4, -0.2) is 41.3 Å². The number of phenolic OH excluding ortho intramolecular Hbond substituents is 1. The molecule has 0 bridgehead atoms. The summed E-state index contributed by atoms with van der Waals surface area (Å²) in [5.41, 5.74) is 5.61. The number of aromatic hydroxyl groups is 1. The van der Waals surface area contributed by atoms with E-state index in [4.69, 9.17) is 10.8 Å². The van der Waals surface area contributed by atoms with Gasteiger partial charge in [-0.1, -0.05) is 0 Å². The molecular weight excluding hydrogens is 284 g/mol. The van der Waals surface area contributed by atoms with Crippen LogP contribution in [0.4, 0.5) is 0 Å². The minimum Gasteiger partial charge on any atom is -0.508 e. The summed E-state index contributed by atoms with van der Waals surface area (Å²) in [4.78, 5) is 14.9. The zero-order valence-electron chi connectivity index (χ0n) is 10.6. The Morgan fingerprint density at radius 1 is 1.42 bits per heavy atom. The van der Waals surface area contributed by atoms with Crippen molar-refractivity contribution in [3.05, 3.63) is 24.3 Å². The third-order valence-electron chi connectivity index (χ3n) is 3.17. The molecule has 0 aliphatic carbocycles. The fraction of sp³-hybridized carbons (Fsp3) is 0.462. The van der Waals surface area contributed by atoms with Gasteiger partial charge in [-0.25, -0.2) is 0 Å². The Hall–Kier alpha value is -0.910. The lowest BCUT2D eigenvalue weighted by atomic mass is 10.1. The Morgan fingerprint density at radius 3 is 2.68 bits per heavy atom. The third-order valence-corrected chi connectivity index (χ3v) is 4.17. The van der Waals surface area contributed by atoms with Crippen molar-refractivity contribution in [2.45, 2.75) is 11.3 Å². The van der Waals surface area contributed by atoms with Crippen LogP contribution in [0.2, 0.25) is 0 Å². The highest BCUT2D eigenvalue weighted by Crippen LogP contribution is 2.22. The first-order chi connectivity index (χ1) is 8.69. The fourth-order valence-corrected chi connectivity index (χ4v) is 2.83. The Balaban J connectivity index is 0.00000180. The van der Waals surface area contributed by atoms with Crippen LogP contribution in [-0.2, 0) is 4.79 Å². The third kappa shape index (κ3) is 4.60. The summed E-state index contributed by atoms with van der Waals surface area (Å²) < 4.78 is 0. The molecule has 4 nitrogen and oxygen atoms in total. The summed E-state index contributed by atoms with van der Waals surface area (Å²) in [6.07, 6.45) is 1.02. The molecule has 6 heteroatoms. The molecule has 1 aliphatic rings. The Morgan fingerprint density at radius 2 is 2.11 bits per heavy atom. The first-order valence-electron chi connectivity index (χ1n) is 6.08. The fourth-order valence-electron chi connectivity index (χ4n) is 2.03. The van der Waals surface area contributed by atoms with Crippen molar-refractivity contribution < 1.29 is 9.90 Å². The van der Waals surface area contributed by atoms with E-state index in [2.05, 4.69) is 0 Å². The lowest BCUT2D eigenvalue weighted by Gasteiger charge is -2.15. The number of rotatable bonds is 4. The molecule has 0 radical (unpaired) electrons. The highest BCUT2D eigenvalue weighted by molar-refractivity contribution is 8.00. The number of thioether (sulfide) groups is 1. The number of halogens is 1. The van der Waals surface area contributed by atoms with Gasteiger partial charge >= 0.3 is 0 Å². The predicted octanol–water partition coefficient (Wildman–Crippen LogP) is 1.71. The molecule has 0 saturated carbocycles. The molecule has 3 N–H and O–H groups in total. The Labute approximate surface area is 123 Å². The molecule has 1 unspecified atom stereocenters. The highest BCUT2D eigenvalue weighted by atomic mass is 35.5. The number of phenols is 1. The van der Waals surface area contributed by atoms with Gasteiger partial charge in [0.2, 0.25) is 5.91 Å². The van der Waals surface area contributed by atoms with Crippen LogP contribution >= 0.6 is 24.2 Å². The average Bonchev–Trinajstić information content (AvgIpc) is 2.86. The second kappa shape index (κ2) is 7.62. The monoisotopic (exact) mass is 302 g/mol. The van der Waals surface area contributed by atoms with Gasteiger partial charge in [0.1, 0.15) is 5.75 Å². The largest absolute Gasteiger partial charge is 0.508 e. The van der Waals surface area contributed by atoms with Crippen LogP contribution in [0, 0.1) is 5.92 Å². The predicted molar refractivity (Wildman–Crippen MR) is 79.8 cm³/mol. The molecule has 0 spiro atoms. The first-order valence-corrected chi connectivity index (χ1v) is 7.07. The van der Waals surface area contributed by atoms with E-state index in [1.54, 1.807) is 12.1 Å². The summed E-state index contributed by atoms with van der Waals surface area (Å²) in [6, 6.07) is 6.90. The second-order valence-electron chi connectivity index (χ2n) is 4.51. The maximum atomic E-state index is 12.0. The number of carbonyl (C=O) groups is 1. The van der Waals surface area contributed by atoms with E-state index in [-0.39, 0.29) is 24.1 Å². The molecule has 19 heavy (non-hydrogen) atoms. The number of amides is 1. The quantitative estimate of drug-likeness (QED) is 0.831. The molecule has 1 aliphatic heterocycles. The van der Waals surface area contributed by atoms with Crippen LogP contribution in [0.3, 0.4) is 0 Å². The van der Waals surface area contributed by atoms with E-state index in [0.29, 0.717) is 18.2 Å². The molecule has 0 aromatic heterocycles. The molecule has 1 saturated heterocycles. The molecule has 106 valence electrons. The molecule has 1 fully saturated rings. The van der Waals surface area contributed by atoms with Gasteiger partial charge in [-0.3, -0.25) is 4.79 Å². The van der Waals surface area contributed by atoms with Crippen molar-refractivity contribution in [1.29, 1.82) is 0 Å². The number of likely N-dealkylation sites (tertiary alicyclic amines) is 1. The first kappa shape index (κ1) is 16.1. The van der Waals surface area contributed by atoms with Crippen LogP contribution in [0.25, 0.3) is 0 Å². The number of nitrogens with two attached hydrogens (primary N) is 1. The maximum Gasteiger partial charge on any atom is 0.232 e. The zero-order chi connectivity index (χ0) is 13.0. The zero-order valence-corrected chi connectivity index (χ0v) is 12.3. The van der Waals surface area contributed by atoms with Gasteiger partial charge in [0.15, 0.2) is 0 Å². The molecule has 2 rings (SSSR count). The van der Waals surface area contributed by atoms with Crippen molar-refractivity contribution in [1.82, 2.24) is 4.90 Å². The average molecular weight is 303 g/mol. The van der Waals surface area contributed by atoms with Gasteiger partial charge in [0.05, 0.1) is 5.75 Å². The van der Waals surface area contributed by atoms with Crippen LogP contribution in [0.5, 0.6) is 5.75 Å². The van der Waals surface area contributed by atoms with Crippen molar-refractivity contribution in [2.75, 3.05) is 25.4 Å². The summed E-state index contributed by atoms with van der Waals surface area (Å²) in [5, 5.41) is 9.17. The van der Waals surface area contributed by atoms with Crippen molar-refractivity contribution in [3.63, 3.8) is 0 Å². The van der Waals surface area contributed by atoms with Crippen molar-refractivity contribution >= 4 is 30.1 Å². The van der Waals surface area contributed by atoms with E-state index >= 15 is 0 Å². The maximum absolute atomic E-state index is 12.0. The van der Waals surface area contributed by atoms with Gasteiger partial charge in [0.25, 0.3) is 0 Å². The summed E-state index contributed by atoms with van der Waals surface area (Å²) in [7, 11) is 0. The van der Waals surface area contributed by atoms with Gasteiger partial charge in [-0.2, -0.15) is 0 Å². The molecule has 1 heterocycles. The van der Waals surface area contributed by atoms with Gasteiger partial charge in [0, 0.05) is 18.0 Å². The van der Waals surface area contributed by atoms with Crippen molar-refractivity contribution in [3.8, 4) is 5.75 Å². The number of carbonyl (C=O) groups excluding carboxylic acids is 1. The minimum atomic E-state index is 0. The SMILES string of the molecule is Cl.NCC1CCN(C(=O)CSc2ccc(O)cc2)C1. The van der Waals surface area contributed by atoms with Gasteiger partial charge in [-0.05, 0) is 43.1 Å². The van der Waals surface area contributed by atoms with E-state index in [0.717, 1.165) is 24.4 Å². The van der Waals surface area contributed by atoms with Gasteiger partial charge in [-0.15, -0.1) is 24.2 Å². The lowest BCUT2D eigenvalue weighted by molar-refractivity contribution is -0.127. The molecule has 1 atom stereocenters. The van der Waals surface area contributed by atoms with Crippen LogP contribution < -0.4 is 5.73 Å². The topological polar surface area (TPSA) is 66.6 Å². The number of benzene rings is 1. The summed E-state index contributed by atoms with van der Waals surface area (Å²) in [6.45, 7) is 2.29. The molecular formula is C13H19ClN2O2S. The van der Waals surface area contributed by atoms with E-state index in [9.17, 15) is 4.79 Å². The smallest absolute Gasteiger partial charge is 0.232 e. The highest BCUT2D eigenvalue weighted by Gasteiger charge is 2.24.